The maximum absolute atomic E-state index is 12.7. The number of aromatic nitrogens is 1. The molecule has 0 spiro atoms. The van der Waals surface area contributed by atoms with Gasteiger partial charge in [-0.15, -0.1) is 0 Å². The van der Waals surface area contributed by atoms with Gasteiger partial charge in [0.15, 0.2) is 0 Å². The van der Waals surface area contributed by atoms with E-state index in [1.54, 1.807) is 0 Å². The molecule has 0 bridgehead atoms. The van der Waals surface area contributed by atoms with E-state index in [2.05, 4.69) is 118 Å². The van der Waals surface area contributed by atoms with Crippen molar-refractivity contribution in [2.24, 2.45) is 0 Å². The Hall–Kier alpha value is 0.849. The Labute approximate surface area is 195 Å². The first-order chi connectivity index (χ1) is 12.6. The molecule has 0 aromatic carbocycles. The van der Waals surface area contributed by atoms with Crippen LogP contribution in [0.1, 0.15) is 94.5 Å². The third kappa shape index (κ3) is 6.00. The van der Waals surface area contributed by atoms with Crippen LogP contribution in [-0.2, 0) is 12.3 Å². The zero-order valence-electron chi connectivity index (χ0n) is 20.7. The van der Waals surface area contributed by atoms with Gasteiger partial charge in [-0.2, -0.15) is 0 Å². The Morgan fingerprint density at radius 3 is 1.10 bits per heavy atom. The topological polar surface area (TPSA) is 32.9 Å². The summed E-state index contributed by atoms with van der Waals surface area (Å²) in [6, 6.07) is 3.64. The second-order valence-electron chi connectivity index (χ2n) is 12.3. The van der Waals surface area contributed by atoms with E-state index < -0.39 is 11.0 Å². The molecule has 1 rings (SSSR count). The molecule has 0 atom stereocenters. The molecule has 0 aliphatic carbocycles. The van der Waals surface area contributed by atoms with Gasteiger partial charge >= 0.3 is 196 Å². The van der Waals surface area contributed by atoms with E-state index in [1.807, 2.05) is 12.1 Å². The van der Waals surface area contributed by atoms with Gasteiger partial charge in [-0.05, 0) is 0 Å². The monoisotopic (exact) mass is 571 g/mol. The molecule has 0 amide bonds. The fraction of sp³-hybridized carbons (Fsp3) is 0.783. The van der Waals surface area contributed by atoms with Gasteiger partial charge < -0.3 is 0 Å². The molecule has 1 N–H and O–H groups in total. The molecule has 0 fully saturated rings. The summed E-state index contributed by atoms with van der Waals surface area (Å²) in [4.78, 5) is 16.4. The van der Waals surface area contributed by atoms with Crippen molar-refractivity contribution in [1.29, 1.82) is 0 Å². The molecule has 1 aromatic rings. The van der Waals surface area contributed by atoms with Gasteiger partial charge in [-0.25, -0.2) is 0 Å². The Morgan fingerprint density at radius 2 is 0.897 bits per heavy atom. The summed E-state index contributed by atoms with van der Waals surface area (Å²) >= 11 is 7.29. The number of aromatic amines is 1. The van der Waals surface area contributed by atoms with Gasteiger partial charge in [-0.3, -0.25) is 0 Å². The van der Waals surface area contributed by atoms with Crippen LogP contribution in [0.25, 0.3) is 0 Å². The quantitative estimate of drug-likeness (QED) is 0.315. The zero-order chi connectivity index (χ0) is 23.3. The van der Waals surface area contributed by atoms with Crippen LogP contribution in [0.5, 0.6) is 0 Å². The molecule has 0 saturated heterocycles. The van der Waals surface area contributed by atoms with E-state index >= 15 is 0 Å². The maximum atomic E-state index is 12.7. The van der Waals surface area contributed by atoms with Crippen LogP contribution < -0.4 is 5.43 Å². The van der Waals surface area contributed by atoms with Crippen LogP contribution in [0, 0.1) is 0 Å². The third-order valence-corrected chi connectivity index (χ3v) is 31.7. The summed E-state index contributed by atoms with van der Waals surface area (Å²) in [5.74, 6) is 0. The predicted molar refractivity (Wildman–Crippen MR) is 139 cm³/mol. The summed E-state index contributed by atoms with van der Waals surface area (Å²) in [5, 5.41) is 0.684. The Kier molecular flexibility index (Phi) is 8.32. The average Bonchev–Trinajstić information content (AvgIpc) is 2.41. The zero-order valence-corrected chi connectivity index (χ0v) is 25.9. The van der Waals surface area contributed by atoms with Crippen LogP contribution in [0.4, 0.5) is 0 Å². The molecule has 6 heteroatoms. The summed E-state index contributed by atoms with van der Waals surface area (Å²) in [5.41, 5.74) is -0.730. The summed E-state index contributed by atoms with van der Waals surface area (Å²) in [6.07, 6.45) is 1.85. The van der Waals surface area contributed by atoms with Crippen molar-refractivity contribution >= 4 is 41.2 Å². The van der Waals surface area contributed by atoms with Crippen molar-refractivity contribution in [2.45, 2.75) is 116 Å². The Balaban J connectivity index is 3.52. The van der Waals surface area contributed by atoms with E-state index in [9.17, 15) is 4.79 Å². The van der Waals surface area contributed by atoms with E-state index in [0.717, 1.165) is 23.7 Å². The molecule has 0 radical (unpaired) electrons. The van der Waals surface area contributed by atoms with Crippen LogP contribution in [0.3, 0.4) is 0 Å². The predicted octanol–water partition coefficient (Wildman–Crippen LogP) is 6.77. The SMILES string of the molecule is CC(C)(C)P(=[Se])(Cc1cc(=O)cc(CP(=[Se])(C(C)(C)C)C(C)(C)C)[nH]1)C(C)(C)C. The number of nitrogens with one attached hydrogen (secondary N) is 1. The molecule has 1 heterocycles. The summed E-state index contributed by atoms with van der Waals surface area (Å²) in [7, 11) is 0. The average molecular weight is 569 g/mol. The van der Waals surface area contributed by atoms with Crippen molar-refractivity contribution < 1.29 is 0 Å². The van der Waals surface area contributed by atoms with Crippen LogP contribution in [0.2, 0.25) is 0 Å². The van der Waals surface area contributed by atoms with Gasteiger partial charge in [0.2, 0.25) is 0 Å². The molecular formula is C23H43NOP2Se2. The number of hydrogen-bond donors (Lipinski definition) is 1. The third-order valence-electron chi connectivity index (χ3n) is 6.07. The van der Waals surface area contributed by atoms with E-state index in [-0.39, 0.29) is 26.1 Å². The van der Waals surface area contributed by atoms with Gasteiger partial charge in [-0.1, -0.05) is 0 Å². The van der Waals surface area contributed by atoms with E-state index in [4.69, 9.17) is 0 Å². The fourth-order valence-corrected chi connectivity index (χ4v) is 13.2. The number of hydrogen-bond acceptors (Lipinski definition) is 1. The van der Waals surface area contributed by atoms with Crippen molar-refractivity contribution in [1.82, 2.24) is 4.98 Å². The molecule has 0 unspecified atom stereocenters. The standard InChI is InChI=1S/C23H43NOP2Se2/c1-20(2,3)26(28,21(4,5)6)15-17-13-19(25)14-18(24-17)16-27(29,22(7,8)9)23(10,11)12/h13-14H,15-16H2,1-12H3,(H,24,25). The first-order valence-corrected chi connectivity index (χ1v) is 18.8. The van der Waals surface area contributed by atoms with Crippen LogP contribution >= 0.6 is 11.0 Å². The minimum atomic E-state index is -1.51. The fourth-order valence-electron chi connectivity index (χ4n) is 4.27. The second-order valence-corrected chi connectivity index (χ2v) is 29.2. The molecule has 168 valence electrons. The van der Waals surface area contributed by atoms with Crippen LogP contribution in [0.15, 0.2) is 16.9 Å². The normalized spacial score (nSPS) is 14.9. The first-order valence-electron chi connectivity index (χ1n) is 10.5. The Morgan fingerprint density at radius 1 is 0.655 bits per heavy atom. The van der Waals surface area contributed by atoms with E-state index in [0.29, 0.717) is 0 Å². The van der Waals surface area contributed by atoms with Crippen LogP contribution in [-0.4, -0.2) is 55.8 Å². The molecule has 1 aromatic heterocycles. The molecular weight excluding hydrogens is 526 g/mol. The summed E-state index contributed by atoms with van der Waals surface area (Å²) in [6.45, 7) is 28.0. The van der Waals surface area contributed by atoms with E-state index in [1.165, 1.54) is 0 Å². The number of pyridine rings is 1. The van der Waals surface area contributed by atoms with Crippen molar-refractivity contribution in [3.05, 3.63) is 33.7 Å². The molecule has 2 nitrogen and oxygen atoms in total. The first kappa shape index (κ1) is 27.9. The minimum absolute atomic E-state index is 0.123. The Bertz CT molecular complexity index is 782. The van der Waals surface area contributed by atoms with Gasteiger partial charge in [0, 0.05) is 0 Å². The van der Waals surface area contributed by atoms with Crippen molar-refractivity contribution in [2.75, 3.05) is 0 Å². The molecule has 29 heavy (non-hydrogen) atoms. The van der Waals surface area contributed by atoms with Gasteiger partial charge in [0.25, 0.3) is 0 Å². The molecule has 0 saturated carbocycles. The molecule has 0 aliphatic heterocycles. The molecule has 0 aliphatic rings. The summed E-state index contributed by atoms with van der Waals surface area (Å²) < 4.78 is 0. The van der Waals surface area contributed by atoms with Gasteiger partial charge in [0.05, 0.1) is 0 Å². The second kappa shape index (κ2) is 8.65. The van der Waals surface area contributed by atoms with Gasteiger partial charge in [0.1, 0.15) is 0 Å². The van der Waals surface area contributed by atoms with Crippen molar-refractivity contribution in [3.63, 3.8) is 0 Å². The number of rotatable bonds is 4. The van der Waals surface area contributed by atoms with Crippen molar-refractivity contribution in [3.8, 4) is 0 Å². The number of H-pyrrole nitrogens is 1.